The predicted octanol–water partition coefficient (Wildman–Crippen LogP) is 3.32. The Hall–Kier alpha value is -3.56. The molecule has 0 aliphatic rings. The minimum absolute atomic E-state index is 0.0214. The number of aromatic amines is 2. The van der Waals surface area contributed by atoms with E-state index in [2.05, 4.69) is 25.3 Å². The fraction of sp³-hybridized carbons (Fsp3) is 0.333. The summed E-state index contributed by atoms with van der Waals surface area (Å²) in [6.45, 7) is 7.04. The number of benzene rings is 1. The molecule has 148 valence electrons. The van der Waals surface area contributed by atoms with Crippen molar-refractivity contribution in [1.82, 2.24) is 19.9 Å². The molecule has 3 rings (SSSR count). The van der Waals surface area contributed by atoms with Crippen LogP contribution in [0.15, 0.2) is 12.1 Å². The second-order valence-electron chi connectivity index (χ2n) is 7.12. The molecule has 3 aromatic rings. The highest BCUT2D eigenvalue weighted by molar-refractivity contribution is 5.98. The lowest BCUT2D eigenvalue weighted by Crippen LogP contribution is -2.27. The summed E-state index contributed by atoms with van der Waals surface area (Å²) in [5, 5.41) is 11.9. The molecule has 0 spiro atoms. The number of ether oxygens (including phenoxy) is 2. The van der Waals surface area contributed by atoms with Gasteiger partial charge in [0.25, 0.3) is 0 Å². The van der Waals surface area contributed by atoms with Crippen molar-refractivity contribution in [3.63, 3.8) is 0 Å². The molecule has 0 saturated carbocycles. The maximum absolute atomic E-state index is 12.0. The molecule has 10 heteroatoms. The minimum Gasteiger partial charge on any atom is -0.494 e. The zero-order valence-electron chi connectivity index (χ0n) is 16.1. The van der Waals surface area contributed by atoms with Crippen molar-refractivity contribution in [2.75, 3.05) is 12.4 Å². The standard InChI is InChI=1S/C18H21N5O5/c1-8-13(23-17(26)28-18(2,3)4)22-14(19-8)15-20-10-7-6-9(16(24)25)12(27-5)11(10)21-15/h6-7H,1-5H3,(H,19,22)(H,20,21)(H,23,26)(H,24,25). The van der Waals surface area contributed by atoms with Gasteiger partial charge in [0.05, 0.1) is 18.3 Å². The van der Waals surface area contributed by atoms with Crippen LogP contribution in [0.3, 0.4) is 0 Å². The topological polar surface area (TPSA) is 142 Å². The van der Waals surface area contributed by atoms with E-state index < -0.39 is 17.7 Å². The van der Waals surface area contributed by atoms with Gasteiger partial charge in [0, 0.05) is 0 Å². The number of carbonyl (C=O) groups excluding carboxylic acids is 1. The van der Waals surface area contributed by atoms with Crippen molar-refractivity contribution >= 4 is 28.9 Å². The molecule has 1 amide bonds. The number of nitrogens with one attached hydrogen (secondary N) is 3. The van der Waals surface area contributed by atoms with Crippen LogP contribution < -0.4 is 10.1 Å². The van der Waals surface area contributed by atoms with E-state index in [0.717, 1.165) is 0 Å². The fourth-order valence-electron chi connectivity index (χ4n) is 2.64. The lowest BCUT2D eigenvalue weighted by molar-refractivity contribution is 0.0633. The van der Waals surface area contributed by atoms with E-state index in [-0.39, 0.29) is 11.3 Å². The molecule has 10 nitrogen and oxygen atoms in total. The Labute approximate surface area is 160 Å². The summed E-state index contributed by atoms with van der Waals surface area (Å²) in [6.07, 6.45) is -0.619. The molecule has 0 radical (unpaired) electrons. The molecule has 0 aliphatic carbocycles. The quantitative estimate of drug-likeness (QED) is 0.538. The van der Waals surface area contributed by atoms with Crippen LogP contribution in [-0.4, -0.2) is 49.8 Å². The first-order valence-electron chi connectivity index (χ1n) is 8.46. The molecule has 0 atom stereocenters. The summed E-state index contributed by atoms with van der Waals surface area (Å²) in [4.78, 5) is 38.1. The number of amides is 1. The number of anilines is 1. The highest BCUT2D eigenvalue weighted by Crippen LogP contribution is 2.30. The zero-order chi connectivity index (χ0) is 20.6. The molecule has 0 unspecified atom stereocenters. The summed E-state index contributed by atoms with van der Waals surface area (Å²) in [7, 11) is 1.39. The van der Waals surface area contributed by atoms with Crippen molar-refractivity contribution < 1.29 is 24.2 Å². The van der Waals surface area contributed by atoms with Gasteiger partial charge >= 0.3 is 12.1 Å². The predicted molar refractivity (Wildman–Crippen MR) is 102 cm³/mol. The summed E-state index contributed by atoms with van der Waals surface area (Å²) in [6, 6.07) is 3.01. The van der Waals surface area contributed by atoms with Gasteiger partial charge in [-0.3, -0.25) is 5.32 Å². The smallest absolute Gasteiger partial charge is 0.413 e. The Morgan fingerprint density at radius 1 is 1.14 bits per heavy atom. The number of H-pyrrole nitrogens is 2. The third kappa shape index (κ3) is 3.75. The average Bonchev–Trinajstić information content (AvgIpc) is 3.15. The van der Waals surface area contributed by atoms with E-state index in [0.29, 0.717) is 34.2 Å². The molecular weight excluding hydrogens is 366 g/mol. The van der Waals surface area contributed by atoms with Gasteiger partial charge in [-0.2, -0.15) is 0 Å². The Balaban J connectivity index is 1.95. The number of nitrogens with zero attached hydrogens (tertiary/aromatic N) is 2. The Kier molecular flexibility index (Phi) is 4.72. The first kappa shape index (κ1) is 19.2. The maximum atomic E-state index is 12.0. The van der Waals surface area contributed by atoms with Gasteiger partial charge in [-0.1, -0.05) is 0 Å². The normalized spacial score (nSPS) is 11.5. The van der Waals surface area contributed by atoms with Crippen LogP contribution in [0.4, 0.5) is 10.6 Å². The van der Waals surface area contributed by atoms with Gasteiger partial charge in [-0.05, 0) is 39.8 Å². The molecule has 0 fully saturated rings. The molecule has 2 heterocycles. The van der Waals surface area contributed by atoms with Gasteiger partial charge in [0.15, 0.2) is 23.2 Å². The molecule has 28 heavy (non-hydrogen) atoms. The molecule has 1 aromatic carbocycles. The lowest BCUT2D eigenvalue weighted by Gasteiger charge is -2.19. The first-order valence-corrected chi connectivity index (χ1v) is 8.46. The van der Waals surface area contributed by atoms with Crippen molar-refractivity contribution in [1.29, 1.82) is 0 Å². The van der Waals surface area contributed by atoms with Gasteiger partial charge in [-0.25, -0.2) is 19.6 Å². The SMILES string of the molecule is COc1c(C(=O)O)ccc2nc(-c3nc(NC(=O)OC(C)(C)C)c(C)[nH]3)[nH]c12. The lowest BCUT2D eigenvalue weighted by atomic mass is 10.2. The summed E-state index contributed by atoms with van der Waals surface area (Å²) in [5.74, 6) is 0.129. The largest absolute Gasteiger partial charge is 0.494 e. The molecule has 0 saturated heterocycles. The van der Waals surface area contributed by atoms with Crippen LogP contribution in [0.5, 0.6) is 5.75 Å². The van der Waals surface area contributed by atoms with Gasteiger partial charge in [-0.15, -0.1) is 0 Å². The van der Waals surface area contributed by atoms with Gasteiger partial charge in [0.1, 0.15) is 16.7 Å². The molecule has 0 aliphatic heterocycles. The van der Waals surface area contributed by atoms with Crippen molar-refractivity contribution in [2.24, 2.45) is 0 Å². The zero-order valence-corrected chi connectivity index (χ0v) is 16.1. The van der Waals surface area contributed by atoms with Crippen LogP contribution in [0.2, 0.25) is 0 Å². The Morgan fingerprint density at radius 2 is 1.82 bits per heavy atom. The molecular formula is C18H21N5O5. The van der Waals surface area contributed by atoms with Crippen LogP contribution in [0.25, 0.3) is 22.7 Å². The number of carbonyl (C=O) groups is 2. The molecule has 2 aromatic heterocycles. The number of carboxylic acid groups (broad SMARTS) is 1. The van der Waals surface area contributed by atoms with Crippen molar-refractivity contribution in [3.8, 4) is 17.4 Å². The first-order chi connectivity index (χ1) is 13.1. The second-order valence-corrected chi connectivity index (χ2v) is 7.12. The number of aryl methyl sites for hydroxylation is 1. The number of hydrogen-bond acceptors (Lipinski definition) is 6. The number of hydrogen-bond donors (Lipinski definition) is 4. The van der Waals surface area contributed by atoms with E-state index in [4.69, 9.17) is 9.47 Å². The van der Waals surface area contributed by atoms with E-state index in [1.807, 2.05) is 0 Å². The highest BCUT2D eigenvalue weighted by Gasteiger charge is 2.21. The average molecular weight is 387 g/mol. The second kappa shape index (κ2) is 6.87. The number of fused-ring (bicyclic) bond motifs is 1. The fourth-order valence-corrected chi connectivity index (χ4v) is 2.64. The maximum Gasteiger partial charge on any atom is 0.413 e. The third-order valence-electron chi connectivity index (χ3n) is 3.77. The number of methoxy groups -OCH3 is 1. The summed E-state index contributed by atoms with van der Waals surface area (Å²) < 4.78 is 10.5. The van der Waals surface area contributed by atoms with E-state index >= 15 is 0 Å². The van der Waals surface area contributed by atoms with Crippen molar-refractivity contribution in [2.45, 2.75) is 33.3 Å². The van der Waals surface area contributed by atoms with E-state index in [1.165, 1.54) is 13.2 Å². The van der Waals surface area contributed by atoms with Gasteiger partial charge in [0.2, 0.25) is 0 Å². The summed E-state index contributed by atoms with van der Waals surface area (Å²) >= 11 is 0. The summed E-state index contributed by atoms with van der Waals surface area (Å²) in [5.41, 5.74) is 0.960. The number of aromatic carboxylic acids is 1. The number of aromatic nitrogens is 4. The Morgan fingerprint density at radius 3 is 2.43 bits per heavy atom. The molecule has 4 N–H and O–H groups in total. The third-order valence-corrected chi connectivity index (χ3v) is 3.77. The van der Waals surface area contributed by atoms with E-state index in [1.54, 1.807) is 33.8 Å². The number of imidazole rings is 2. The highest BCUT2D eigenvalue weighted by atomic mass is 16.6. The monoisotopic (exact) mass is 387 g/mol. The molecule has 0 bridgehead atoms. The minimum atomic E-state index is -1.10. The number of carboxylic acids is 1. The van der Waals surface area contributed by atoms with Crippen LogP contribution in [-0.2, 0) is 4.74 Å². The number of rotatable bonds is 4. The van der Waals surface area contributed by atoms with Crippen LogP contribution >= 0.6 is 0 Å². The van der Waals surface area contributed by atoms with Gasteiger partial charge < -0.3 is 24.5 Å². The van der Waals surface area contributed by atoms with E-state index in [9.17, 15) is 14.7 Å². The van der Waals surface area contributed by atoms with Crippen molar-refractivity contribution in [3.05, 3.63) is 23.4 Å². The van der Waals surface area contributed by atoms with Crippen LogP contribution in [0.1, 0.15) is 36.8 Å². The Bertz CT molecular complexity index is 1060. The van der Waals surface area contributed by atoms with Crippen LogP contribution in [0, 0.1) is 6.92 Å².